The van der Waals surface area contributed by atoms with E-state index in [1.807, 2.05) is 48.7 Å². The molecule has 2 aromatic carbocycles. The summed E-state index contributed by atoms with van der Waals surface area (Å²) in [5.41, 5.74) is 1.76. The monoisotopic (exact) mass is 533 g/mol. The largest absolute Gasteiger partial charge is 0.494 e. The van der Waals surface area contributed by atoms with E-state index in [1.54, 1.807) is 6.07 Å². The van der Waals surface area contributed by atoms with E-state index in [0.717, 1.165) is 67.9 Å². The first-order valence-corrected chi connectivity index (χ1v) is 13.8. The Morgan fingerprint density at radius 3 is 2.66 bits per heavy atom. The zero-order chi connectivity index (χ0) is 24.6. The molecule has 0 unspecified atom stereocenters. The zero-order valence-corrected chi connectivity index (χ0v) is 22.0. The van der Waals surface area contributed by atoms with Gasteiger partial charge in [0.2, 0.25) is 5.88 Å². The first-order valence-electron chi connectivity index (χ1n) is 11.7. The van der Waals surface area contributed by atoms with Gasteiger partial charge in [-0.25, -0.2) is 4.98 Å². The molecule has 6 nitrogen and oxygen atoms in total. The van der Waals surface area contributed by atoms with Crippen molar-refractivity contribution in [2.24, 2.45) is 0 Å². The summed E-state index contributed by atoms with van der Waals surface area (Å²) in [4.78, 5) is 20.9. The van der Waals surface area contributed by atoms with E-state index in [9.17, 15) is 4.79 Å². The fraction of sp³-hybridized carbons (Fsp3) is 0.385. The molecule has 0 amide bonds. The topological polar surface area (TPSA) is 54.9 Å². The third kappa shape index (κ3) is 7.17. The van der Waals surface area contributed by atoms with E-state index < -0.39 is 0 Å². The number of piperazine rings is 1. The van der Waals surface area contributed by atoms with Gasteiger partial charge in [0, 0.05) is 43.7 Å². The van der Waals surface area contributed by atoms with Gasteiger partial charge < -0.3 is 14.4 Å². The average Bonchev–Trinajstić information content (AvgIpc) is 2.86. The maximum atomic E-state index is 11.7. The van der Waals surface area contributed by atoms with Crippen LogP contribution in [0.4, 0.5) is 5.69 Å². The first kappa shape index (κ1) is 25.9. The van der Waals surface area contributed by atoms with Crippen molar-refractivity contribution in [3.05, 3.63) is 58.6 Å². The molecule has 35 heavy (non-hydrogen) atoms. The predicted octanol–water partition coefficient (Wildman–Crippen LogP) is 5.79. The number of rotatable bonds is 10. The van der Waals surface area contributed by atoms with Crippen LogP contribution in [-0.4, -0.2) is 67.2 Å². The molecule has 0 radical (unpaired) electrons. The van der Waals surface area contributed by atoms with Crippen LogP contribution in [0.25, 0.3) is 10.9 Å². The highest BCUT2D eigenvalue weighted by molar-refractivity contribution is 7.99. The van der Waals surface area contributed by atoms with Gasteiger partial charge in [0.25, 0.3) is 0 Å². The number of aromatic nitrogens is 1. The Kier molecular flexibility index (Phi) is 9.38. The van der Waals surface area contributed by atoms with Crippen LogP contribution < -0.4 is 14.4 Å². The van der Waals surface area contributed by atoms with Gasteiger partial charge in [-0.05, 0) is 56.0 Å². The third-order valence-electron chi connectivity index (χ3n) is 5.90. The molecule has 2 heterocycles. The fourth-order valence-electron chi connectivity index (χ4n) is 4.07. The molecule has 3 aromatic rings. The Morgan fingerprint density at radius 2 is 1.86 bits per heavy atom. The number of halogens is 2. The number of nitrogens with zero attached hydrogens (tertiary/aromatic N) is 3. The number of unbranched alkanes of at least 4 members (excludes halogenated alkanes) is 1. The normalized spacial score (nSPS) is 14.3. The molecule has 186 valence electrons. The molecule has 0 aliphatic carbocycles. The van der Waals surface area contributed by atoms with Gasteiger partial charge in [0.1, 0.15) is 5.75 Å². The Morgan fingerprint density at radius 1 is 1.06 bits per heavy atom. The lowest BCUT2D eigenvalue weighted by Gasteiger charge is -2.36. The lowest BCUT2D eigenvalue weighted by molar-refractivity contribution is -0.131. The number of thioether (sulfide) groups is 1. The zero-order valence-electron chi connectivity index (χ0n) is 19.7. The molecule has 0 bridgehead atoms. The van der Waals surface area contributed by atoms with Crippen molar-refractivity contribution in [2.45, 2.75) is 12.8 Å². The first-order chi connectivity index (χ1) is 17.0. The van der Waals surface area contributed by atoms with Crippen LogP contribution in [0, 0.1) is 0 Å². The van der Waals surface area contributed by atoms with Crippen molar-refractivity contribution >= 4 is 57.5 Å². The van der Waals surface area contributed by atoms with E-state index in [0.29, 0.717) is 28.3 Å². The van der Waals surface area contributed by atoms with Gasteiger partial charge in [-0.3, -0.25) is 9.69 Å². The molecule has 1 aromatic heterocycles. The summed E-state index contributed by atoms with van der Waals surface area (Å²) in [5.74, 6) is 1.08. The molecular formula is C26H29Cl2N3O3S. The number of hydrogen-bond donors (Lipinski definition) is 0. The van der Waals surface area contributed by atoms with Crippen LogP contribution >= 0.6 is 35.0 Å². The third-order valence-corrected chi connectivity index (χ3v) is 7.23. The summed E-state index contributed by atoms with van der Waals surface area (Å²) in [6, 6.07) is 15.2. The lowest BCUT2D eigenvalue weighted by atomic mass is 10.2. The van der Waals surface area contributed by atoms with Crippen LogP contribution in [0.5, 0.6) is 11.6 Å². The second-order valence-corrected chi connectivity index (χ2v) is 10.0. The Hall–Kier alpha value is -2.19. The number of pyridine rings is 1. The van der Waals surface area contributed by atoms with Crippen LogP contribution in [0.3, 0.4) is 0 Å². The van der Waals surface area contributed by atoms with Crippen LogP contribution in [0.2, 0.25) is 10.0 Å². The summed E-state index contributed by atoms with van der Waals surface area (Å²) in [6.07, 6.45) is 3.90. The minimum absolute atomic E-state index is 0.300. The second-order valence-electron chi connectivity index (χ2n) is 8.37. The SMILES string of the molecule is CSCC(=O)Oc1ccc2ccc(OCCCCN3CCN(c4cccc(Cl)c4Cl)CC3)cc2n1. The summed E-state index contributed by atoms with van der Waals surface area (Å²) in [7, 11) is 0. The summed E-state index contributed by atoms with van der Waals surface area (Å²) in [5, 5.41) is 2.21. The van der Waals surface area contributed by atoms with Crippen molar-refractivity contribution in [3.8, 4) is 11.6 Å². The van der Waals surface area contributed by atoms with Crippen molar-refractivity contribution in [3.63, 3.8) is 0 Å². The Labute approximate surface area is 220 Å². The molecule has 0 atom stereocenters. The van der Waals surface area contributed by atoms with Crippen LogP contribution in [0.1, 0.15) is 12.8 Å². The number of hydrogen-bond acceptors (Lipinski definition) is 7. The number of esters is 1. The van der Waals surface area contributed by atoms with E-state index in [-0.39, 0.29) is 5.97 Å². The summed E-state index contributed by atoms with van der Waals surface area (Å²) >= 11 is 14.0. The molecule has 0 N–H and O–H groups in total. The highest BCUT2D eigenvalue weighted by Crippen LogP contribution is 2.33. The molecule has 1 aliphatic heterocycles. The predicted molar refractivity (Wildman–Crippen MR) is 146 cm³/mol. The van der Waals surface area contributed by atoms with E-state index >= 15 is 0 Å². The smallest absolute Gasteiger partial charge is 0.322 e. The average molecular weight is 535 g/mol. The number of carbonyl (C=O) groups is 1. The maximum Gasteiger partial charge on any atom is 0.322 e. The number of benzene rings is 2. The van der Waals surface area contributed by atoms with Gasteiger partial charge in [0.05, 0.1) is 33.6 Å². The van der Waals surface area contributed by atoms with Crippen molar-refractivity contribution in [1.29, 1.82) is 0 Å². The summed E-state index contributed by atoms with van der Waals surface area (Å²) in [6.45, 7) is 5.58. The van der Waals surface area contributed by atoms with Gasteiger partial charge in [-0.15, -0.1) is 0 Å². The van der Waals surface area contributed by atoms with E-state index in [2.05, 4.69) is 14.8 Å². The highest BCUT2D eigenvalue weighted by Gasteiger charge is 2.19. The van der Waals surface area contributed by atoms with Crippen molar-refractivity contribution < 1.29 is 14.3 Å². The molecule has 1 aliphatic rings. The highest BCUT2D eigenvalue weighted by atomic mass is 35.5. The molecule has 4 rings (SSSR count). The summed E-state index contributed by atoms with van der Waals surface area (Å²) < 4.78 is 11.2. The molecule has 0 saturated carbocycles. The van der Waals surface area contributed by atoms with Crippen LogP contribution in [0.15, 0.2) is 48.5 Å². The van der Waals surface area contributed by atoms with E-state index in [1.165, 1.54) is 11.8 Å². The molecule has 1 fully saturated rings. The van der Waals surface area contributed by atoms with Gasteiger partial charge in [-0.2, -0.15) is 11.8 Å². The van der Waals surface area contributed by atoms with Gasteiger partial charge in [-0.1, -0.05) is 29.3 Å². The molecule has 0 spiro atoms. The standard InChI is InChI=1S/C26H29Cl2N3O3S/c1-35-18-25(32)34-24-10-8-19-7-9-20(17-22(19)29-24)33-16-3-2-11-30-12-14-31(15-13-30)23-6-4-5-21(27)26(23)28/h4-10,17H,2-3,11-16,18H2,1H3. The van der Waals surface area contributed by atoms with Crippen molar-refractivity contribution in [2.75, 3.05) is 56.2 Å². The number of fused-ring (bicyclic) bond motifs is 1. The number of carbonyl (C=O) groups excluding carboxylic acids is 1. The Bertz CT molecular complexity index is 1160. The minimum atomic E-state index is -0.300. The maximum absolute atomic E-state index is 11.7. The van der Waals surface area contributed by atoms with Gasteiger partial charge >= 0.3 is 5.97 Å². The molecular weight excluding hydrogens is 505 g/mol. The van der Waals surface area contributed by atoms with E-state index in [4.69, 9.17) is 32.7 Å². The molecule has 9 heteroatoms. The molecule has 1 saturated heterocycles. The number of anilines is 1. The van der Waals surface area contributed by atoms with Gasteiger partial charge in [0.15, 0.2) is 0 Å². The van der Waals surface area contributed by atoms with Crippen molar-refractivity contribution in [1.82, 2.24) is 9.88 Å². The van der Waals surface area contributed by atoms with Crippen LogP contribution in [-0.2, 0) is 4.79 Å². The quantitative estimate of drug-likeness (QED) is 0.241. The minimum Gasteiger partial charge on any atom is -0.494 e. The lowest BCUT2D eigenvalue weighted by Crippen LogP contribution is -2.46. The fourth-order valence-corrected chi connectivity index (χ4v) is 4.78. The number of ether oxygens (including phenoxy) is 2. The Balaban J connectivity index is 1.19. The second kappa shape index (κ2) is 12.7.